The number of rotatable bonds is 4. The summed E-state index contributed by atoms with van der Waals surface area (Å²) < 4.78 is 30.0. The Morgan fingerprint density at radius 3 is 2.69 bits per heavy atom. The molecule has 4 heterocycles. The number of aromatic nitrogens is 3. The number of amides is 1. The Hall–Kier alpha value is -2.55. The van der Waals surface area contributed by atoms with Crippen molar-refractivity contribution in [3.63, 3.8) is 0 Å². The van der Waals surface area contributed by atoms with Crippen molar-refractivity contribution in [2.45, 2.75) is 11.2 Å². The third kappa shape index (κ3) is 2.72. The number of hydrogen-bond donors (Lipinski definition) is 0. The number of likely N-dealkylation sites (tertiary alicyclic amines) is 1. The predicted molar refractivity (Wildman–Crippen MR) is 92.3 cm³/mol. The average molecular weight is 374 g/mol. The van der Waals surface area contributed by atoms with Crippen LogP contribution in [0.15, 0.2) is 43.0 Å². The van der Waals surface area contributed by atoms with Gasteiger partial charge in [-0.2, -0.15) is 0 Å². The van der Waals surface area contributed by atoms with Crippen LogP contribution in [-0.4, -0.2) is 64.4 Å². The van der Waals surface area contributed by atoms with Crippen LogP contribution in [0, 0.1) is 5.92 Å². The molecule has 1 spiro atoms. The van der Waals surface area contributed by atoms with E-state index in [-0.39, 0.29) is 43.3 Å². The van der Waals surface area contributed by atoms with Gasteiger partial charge in [-0.3, -0.25) is 9.78 Å². The van der Waals surface area contributed by atoms with Gasteiger partial charge in [-0.1, -0.05) is 0 Å². The maximum absolute atomic E-state index is 12.7. The summed E-state index contributed by atoms with van der Waals surface area (Å²) in [4.78, 5) is 26.0. The van der Waals surface area contributed by atoms with Crippen LogP contribution in [0.25, 0.3) is 0 Å². The van der Waals surface area contributed by atoms with Gasteiger partial charge in [0.25, 0.3) is 5.91 Å². The molecule has 2 aliphatic heterocycles. The van der Waals surface area contributed by atoms with E-state index >= 15 is 0 Å². The molecule has 0 N–H and O–H groups in total. The molecule has 26 heavy (non-hydrogen) atoms. The minimum atomic E-state index is -3.28. The highest BCUT2D eigenvalue weighted by Gasteiger charge is 2.62. The van der Waals surface area contributed by atoms with Crippen molar-refractivity contribution in [1.29, 1.82) is 0 Å². The zero-order valence-corrected chi connectivity index (χ0v) is 14.8. The maximum Gasteiger partial charge on any atom is 0.316 e. The van der Waals surface area contributed by atoms with Crippen LogP contribution in [0.2, 0.25) is 0 Å². The molecule has 2 fully saturated rings. The van der Waals surface area contributed by atoms with E-state index in [0.717, 1.165) is 0 Å². The first-order valence-electron chi connectivity index (χ1n) is 8.33. The van der Waals surface area contributed by atoms with Gasteiger partial charge in [0.15, 0.2) is 9.84 Å². The van der Waals surface area contributed by atoms with E-state index in [4.69, 9.17) is 4.74 Å². The lowest BCUT2D eigenvalue weighted by Crippen LogP contribution is -2.68. The highest BCUT2D eigenvalue weighted by atomic mass is 32.2. The number of nitrogens with zero attached hydrogens (tertiary/aromatic N) is 4. The summed E-state index contributed by atoms with van der Waals surface area (Å²) in [5.74, 6) is -0.267. The highest BCUT2D eigenvalue weighted by Crippen LogP contribution is 2.45. The van der Waals surface area contributed by atoms with Crippen LogP contribution in [0.4, 0.5) is 0 Å². The Balaban J connectivity index is 1.47. The molecule has 0 radical (unpaired) electrons. The highest BCUT2D eigenvalue weighted by molar-refractivity contribution is 7.93. The zero-order chi connectivity index (χ0) is 18.2. The third-order valence-corrected chi connectivity index (χ3v) is 7.77. The lowest BCUT2D eigenvalue weighted by Gasteiger charge is -2.49. The molecule has 2 aromatic heterocycles. The normalized spacial score (nSPS) is 22.8. The lowest BCUT2D eigenvalue weighted by atomic mass is 9.83. The summed E-state index contributed by atoms with van der Waals surface area (Å²) in [7, 11) is -3.28. The fourth-order valence-corrected chi connectivity index (χ4v) is 6.06. The number of carbonyl (C=O) groups is 1. The first-order chi connectivity index (χ1) is 12.5. The second-order valence-electron chi connectivity index (χ2n) is 6.61. The number of sulfone groups is 1. The molecule has 8 nitrogen and oxygen atoms in total. The summed E-state index contributed by atoms with van der Waals surface area (Å²) >= 11 is 0. The Labute approximate surface area is 151 Å². The summed E-state index contributed by atoms with van der Waals surface area (Å²) in [6.07, 6.45) is 6.74. The molecule has 9 heteroatoms. The van der Waals surface area contributed by atoms with Gasteiger partial charge in [0, 0.05) is 43.8 Å². The average Bonchev–Trinajstić information content (AvgIpc) is 2.90. The van der Waals surface area contributed by atoms with Gasteiger partial charge >= 0.3 is 6.01 Å². The molecule has 0 bridgehead atoms. The van der Waals surface area contributed by atoms with Gasteiger partial charge < -0.3 is 9.64 Å². The topological polar surface area (TPSA) is 102 Å². The second-order valence-corrected chi connectivity index (χ2v) is 9.07. The summed E-state index contributed by atoms with van der Waals surface area (Å²) in [6, 6.07) is 5.28. The smallest absolute Gasteiger partial charge is 0.316 e. The molecule has 2 saturated heterocycles. The first-order valence-corrected chi connectivity index (χ1v) is 9.98. The van der Waals surface area contributed by atoms with E-state index in [9.17, 15) is 13.2 Å². The number of hydrogen-bond acceptors (Lipinski definition) is 7. The number of ether oxygens (including phenoxy) is 1. The quantitative estimate of drug-likeness (QED) is 0.771. The molecule has 136 valence electrons. The summed E-state index contributed by atoms with van der Waals surface area (Å²) in [6.45, 7) is 0.595. The van der Waals surface area contributed by atoms with E-state index in [2.05, 4.69) is 15.0 Å². The van der Waals surface area contributed by atoms with E-state index in [1.54, 1.807) is 41.7 Å². The minimum absolute atomic E-state index is 0.117. The van der Waals surface area contributed by atoms with Gasteiger partial charge in [-0.25, -0.2) is 18.4 Å². The predicted octanol–water partition coefficient (Wildman–Crippen LogP) is 0.580. The van der Waals surface area contributed by atoms with Gasteiger partial charge in [0.1, 0.15) is 4.75 Å². The van der Waals surface area contributed by atoms with Crippen LogP contribution >= 0.6 is 0 Å². The minimum Gasteiger partial charge on any atom is -0.463 e. The van der Waals surface area contributed by atoms with Crippen LogP contribution in [0.3, 0.4) is 0 Å². The van der Waals surface area contributed by atoms with Crippen LogP contribution in [0.5, 0.6) is 6.01 Å². The number of pyridine rings is 1. The fraction of sp³-hybridized carbons (Fsp3) is 0.412. The maximum atomic E-state index is 12.7. The Kier molecular flexibility index (Phi) is 4.10. The Morgan fingerprint density at radius 2 is 2.00 bits per heavy atom. The number of carbonyl (C=O) groups excluding carboxylic acids is 1. The van der Waals surface area contributed by atoms with E-state index in [1.165, 1.54) is 6.20 Å². The van der Waals surface area contributed by atoms with Crippen molar-refractivity contribution >= 4 is 15.7 Å². The van der Waals surface area contributed by atoms with Crippen LogP contribution in [0.1, 0.15) is 16.8 Å². The Morgan fingerprint density at radius 1 is 1.23 bits per heavy atom. The second kappa shape index (κ2) is 6.31. The van der Waals surface area contributed by atoms with E-state index < -0.39 is 14.6 Å². The molecule has 2 aliphatic rings. The summed E-state index contributed by atoms with van der Waals surface area (Å²) in [5, 5.41) is 0. The van der Waals surface area contributed by atoms with Crippen molar-refractivity contribution in [3.8, 4) is 6.01 Å². The van der Waals surface area contributed by atoms with Crippen molar-refractivity contribution in [1.82, 2.24) is 19.9 Å². The molecule has 1 amide bonds. The van der Waals surface area contributed by atoms with Gasteiger partial charge in [0.05, 0.1) is 17.9 Å². The molecule has 2 aromatic rings. The molecule has 1 atom stereocenters. The molecule has 0 aliphatic carbocycles. The molecule has 0 aromatic carbocycles. The largest absolute Gasteiger partial charge is 0.463 e. The standard InChI is InChI=1S/C17H18N4O4S/c22-15(13-3-1-5-18-9-13)21-11-17(12-21)14(4-8-26(17,23)24)10-25-16-19-6-2-7-20-16/h1-3,5-7,9,14H,4,8,10-12H2/t14-/m0/s1. The first kappa shape index (κ1) is 16.9. The fourth-order valence-electron chi connectivity index (χ4n) is 3.66. The Bertz CT molecular complexity index is 899. The molecule has 0 saturated carbocycles. The third-order valence-electron chi connectivity index (χ3n) is 5.17. The van der Waals surface area contributed by atoms with Crippen molar-refractivity contribution in [2.24, 2.45) is 5.92 Å². The monoisotopic (exact) mass is 374 g/mol. The molecular formula is C17H18N4O4S. The van der Waals surface area contributed by atoms with Crippen molar-refractivity contribution < 1.29 is 17.9 Å². The molecule has 0 unspecified atom stereocenters. The lowest BCUT2D eigenvalue weighted by molar-refractivity contribution is 0.0403. The van der Waals surface area contributed by atoms with Crippen molar-refractivity contribution in [2.75, 3.05) is 25.4 Å². The SMILES string of the molecule is O=C(c1cccnc1)N1CC2(C1)[C@H](COc1ncccn1)CCS2(=O)=O. The van der Waals surface area contributed by atoms with E-state index in [1.807, 2.05) is 0 Å². The van der Waals surface area contributed by atoms with Gasteiger partial charge in [-0.15, -0.1) is 0 Å². The zero-order valence-electron chi connectivity index (χ0n) is 14.0. The van der Waals surface area contributed by atoms with E-state index in [0.29, 0.717) is 12.0 Å². The van der Waals surface area contributed by atoms with Crippen LogP contribution < -0.4 is 4.74 Å². The van der Waals surface area contributed by atoms with Crippen LogP contribution in [-0.2, 0) is 9.84 Å². The van der Waals surface area contributed by atoms with Gasteiger partial charge in [0.2, 0.25) is 0 Å². The van der Waals surface area contributed by atoms with Gasteiger partial charge in [-0.05, 0) is 24.6 Å². The molecule has 4 rings (SSSR count). The molecular weight excluding hydrogens is 356 g/mol. The van der Waals surface area contributed by atoms with Crippen molar-refractivity contribution in [3.05, 3.63) is 48.5 Å². The summed E-state index contributed by atoms with van der Waals surface area (Å²) in [5.41, 5.74) is 0.461.